The summed E-state index contributed by atoms with van der Waals surface area (Å²) in [5.41, 5.74) is 12.0. The molecule has 1 aliphatic rings. The quantitative estimate of drug-likeness (QED) is 0.411. The molecule has 0 radical (unpaired) electrons. The lowest BCUT2D eigenvalue weighted by atomic mass is 10.1. The van der Waals surface area contributed by atoms with Crippen LogP contribution in [-0.2, 0) is 11.3 Å². The van der Waals surface area contributed by atoms with E-state index in [1.165, 1.54) is 11.2 Å². The molecule has 4 rings (SSSR count). The Balaban J connectivity index is 1.66. The molecule has 3 amide bonds. The molecule has 5 N–H and O–H groups in total. The fourth-order valence-corrected chi connectivity index (χ4v) is 5.04. The number of amides is 3. The number of primary amides is 1. The van der Waals surface area contributed by atoms with E-state index in [0.717, 1.165) is 42.8 Å². The summed E-state index contributed by atoms with van der Waals surface area (Å²) >= 11 is 0.799. The highest BCUT2D eigenvalue weighted by Gasteiger charge is 2.41. The van der Waals surface area contributed by atoms with Gasteiger partial charge in [-0.05, 0) is 54.2 Å². The molecule has 1 unspecified atom stereocenters. The molecule has 2 aromatic heterocycles. The molecule has 1 atom stereocenters. The maximum absolute atomic E-state index is 13.8. The second kappa shape index (κ2) is 10.6. The summed E-state index contributed by atoms with van der Waals surface area (Å²) < 4.78 is 14.8. The Morgan fingerprint density at radius 1 is 1.23 bits per heavy atom. The smallest absolute Gasteiger partial charge is 0.270 e. The maximum atomic E-state index is 13.8. The number of methoxy groups -OCH3 is 1. The Labute approximate surface area is 206 Å². The van der Waals surface area contributed by atoms with Gasteiger partial charge in [-0.2, -0.15) is 4.37 Å². The molecule has 0 saturated heterocycles. The lowest BCUT2D eigenvalue weighted by molar-refractivity contribution is -0.127. The van der Waals surface area contributed by atoms with Crippen molar-refractivity contribution in [3.63, 3.8) is 0 Å². The van der Waals surface area contributed by atoms with Crippen molar-refractivity contribution in [1.82, 2.24) is 14.6 Å². The van der Waals surface area contributed by atoms with Crippen molar-refractivity contribution in [3.8, 4) is 5.75 Å². The fourth-order valence-electron chi connectivity index (χ4n) is 4.29. The highest BCUT2D eigenvalue weighted by molar-refractivity contribution is 7.09. The van der Waals surface area contributed by atoms with E-state index in [4.69, 9.17) is 20.6 Å². The van der Waals surface area contributed by atoms with Crippen LogP contribution < -0.4 is 21.5 Å². The van der Waals surface area contributed by atoms with Gasteiger partial charge < -0.3 is 30.8 Å². The summed E-state index contributed by atoms with van der Waals surface area (Å²) in [5, 5.41) is 2.92. The number of hydrogen-bond acceptors (Lipinski definition) is 8. The molecule has 10 nitrogen and oxygen atoms in total. The van der Waals surface area contributed by atoms with Crippen molar-refractivity contribution in [2.75, 3.05) is 12.8 Å². The maximum Gasteiger partial charge on any atom is 0.270 e. The number of hydrogen-bond donors (Lipinski definition) is 3. The predicted molar refractivity (Wildman–Crippen MR) is 130 cm³/mol. The third-order valence-corrected chi connectivity index (χ3v) is 6.92. The van der Waals surface area contributed by atoms with Gasteiger partial charge >= 0.3 is 0 Å². The molecule has 3 aromatic rings. The molecule has 184 valence electrons. The highest BCUT2D eigenvalue weighted by Crippen LogP contribution is 2.35. The monoisotopic (exact) mass is 497 g/mol. The highest BCUT2D eigenvalue weighted by atomic mass is 32.1. The number of anilines is 1. The van der Waals surface area contributed by atoms with Gasteiger partial charge in [0.25, 0.3) is 17.7 Å². The van der Waals surface area contributed by atoms with Crippen LogP contribution in [0.1, 0.15) is 63.2 Å². The van der Waals surface area contributed by atoms with E-state index in [0.29, 0.717) is 11.5 Å². The van der Waals surface area contributed by atoms with Gasteiger partial charge in [0.1, 0.15) is 16.4 Å². The van der Waals surface area contributed by atoms with Crippen molar-refractivity contribution < 1.29 is 23.5 Å². The van der Waals surface area contributed by atoms with Crippen LogP contribution in [0, 0.1) is 0 Å². The molecule has 1 aliphatic carbocycles. The van der Waals surface area contributed by atoms with Crippen LogP contribution in [0.3, 0.4) is 0 Å². The van der Waals surface area contributed by atoms with Crippen LogP contribution in [0.15, 0.2) is 47.1 Å². The molecule has 1 fully saturated rings. The first-order valence-corrected chi connectivity index (χ1v) is 12.0. The van der Waals surface area contributed by atoms with Crippen LogP contribution in [0.2, 0.25) is 0 Å². The van der Waals surface area contributed by atoms with Gasteiger partial charge in [0.2, 0.25) is 0 Å². The predicted octanol–water partition coefficient (Wildman–Crippen LogP) is 2.87. The molecule has 0 spiro atoms. The van der Waals surface area contributed by atoms with Crippen molar-refractivity contribution in [2.24, 2.45) is 5.73 Å². The van der Waals surface area contributed by atoms with Crippen LogP contribution in [0.25, 0.3) is 0 Å². The summed E-state index contributed by atoms with van der Waals surface area (Å²) in [6.45, 7) is 0.251. The topological polar surface area (TPSA) is 154 Å². The van der Waals surface area contributed by atoms with E-state index in [1.54, 1.807) is 19.2 Å². The minimum absolute atomic E-state index is 0.0743. The third-order valence-electron chi connectivity index (χ3n) is 6.07. The van der Waals surface area contributed by atoms with Gasteiger partial charge in [0.15, 0.2) is 11.7 Å². The van der Waals surface area contributed by atoms with Crippen molar-refractivity contribution in [2.45, 2.75) is 44.3 Å². The van der Waals surface area contributed by atoms with E-state index < -0.39 is 23.8 Å². The molecule has 0 aliphatic heterocycles. The molecule has 11 heteroatoms. The number of aromatic nitrogens is 1. The first-order chi connectivity index (χ1) is 16.9. The molecule has 2 heterocycles. The average Bonchev–Trinajstić information content (AvgIpc) is 3.63. The summed E-state index contributed by atoms with van der Waals surface area (Å²) in [4.78, 5) is 40.6. The number of nitrogens with zero attached hydrogens (tertiary/aromatic N) is 2. The van der Waals surface area contributed by atoms with E-state index in [1.807, 2.05) is 24.3 Å². The van der Waals surface area contributed by atoms with E-state index in [-0.39, 0.29) is 28.8 Å². The summed E-state index contributed by atoms with van der Waals surface area (Å²) in [5.74, 6) is -0.653. The largest absolute Gasteiger partial charge is 0.497 e. The molecular weight excluding hydrogens is 470 g/mol. The van der Waals surface area contributed by atoms with E-state index >= 15 is 0 Å². The minimum atomic E-state index is -1.03. The second-order valence-corrected chi connectivity index (χ2v) is 9.05. The summed E-state index contributed by atoms with van der Waals surface area (Å²) in [7, 11) is 1.58. The minimum Gasteiger partial charge on any atom is -0.497 e. The Bertz CT molecular complexity index is 1190. The van der Waals surface area contributed by atoms with Crippen LogP contribution >= 0.6 is 11.5 Å². The zero-order chi connectivity index (χ0) is 24.9. The van der Waals surface area contributed by atoms with Gasteiger partial charge in [-0.25, -0.2) is 0 Å². The number of nitrogen functional groups attached to an aromatic ring is 1. The SMILES string of the molecule is COc1ccc(CNC(=O)C(c2ccco2)N(C(=O)c2snc(C(N)=O)c2N)C2CCCC2)cc1. The van der Waals surface area contributed by atoms with Crippen LogP contribution in [0.4, 0.5) is 5.69 Å². The zero-order valence-corrected chi connectivity index (χ0v) is 20.0. The number of ether oxygens (including phenoxy) is 1. The van der Waals surface area contributed by atoms with E-state index in [9.17, 15) is 14.4 Å². The first-order valence-electron chi connectivity index (χ1n) is 11.2. The molecule has 0 bridgehead atoms. The Kier molecular flexibility index (Phi) is 7.35. The fraction of sp³-hybridized carbons (Fsp3) is 0.333. The van der Waals surface area contributed by atoms with Gasteiger partial charge in [-0.3, -0.25) is 14.4 Å². The van der Waals surface area contributed by atoms with Crippen LogP contribution in [0.5, 0.6) is 5.75 Å². The van der Waals surface area contributed by atoms with Crippen molar-refractivity contribution in [3.05, 3.63) is 64.6 Å². The average molecular weight is 498 g/mol. The van der Waals surface area contributed by atoms with Crippen molar-refractivity contribution >= 4 is 34.9 Å². The Morgan fingerprint density at radius 2 is 1.94 bits per heavy atom. The molecule has 1 saturated carbocycles. The van der Waals surface area contributed by atoms with Crippen LogP contribution in [-0.4, -0.2) is 40.1 Å². The van der Waals surface area contributed by atoms with Gasteiger partial charge in [0, 0.05) is 12.6 Å². The van der Waals surface area contributed by atoms with Crippen molar-refractivity contribution in [1.29, 1.82) is 0 Å². The number of nitrogens with two attached hydrogens (primary N) is 2. The normalized spacial score (nSPS) is 14.4. The number of rotatable bonds is 9. The Hall–Kier alpha value is -3.86. The third kappa shape index (κ3) is 5.14. The number of benzene rings is 1. The zero-order valence-electron chi connectivity index (χ0n) is 19.2. The van der Waals surface area contributed by atoms with E-state index in [2.05, 4.69) is 9.69 Å². The van der Waals surface area contributed by atoms with Gasteiger partial charge in [-0.1, -0.05) is 25.0 Å². The standard InChI is InChI=1S/C24H27N5O5S/c1-33-16-10-8-14(9-11-16)13-27-23(31)20(17-7-4-12-34-17)29(15-5-2-3-6-15)24(32)21-18(25)19(22(26)30)28-35-21/h4,7-12,15,20H,2-3,5-6,13,25H2,1H3,(H2,26,30)(H,27,31). The second-order valence-electron chi connectivity index (χ2n) is 8.27. The molecule has 1 aromatic carbocycles. The summed E-state index contributed by atoms with van der Waals surface area (Å²) in [6.07, 6.45) is 4.78. The number of carbonyl (C=O) groups is 3. The number of carbonyl (C=O) groups excluding carboxylic acids is 3. The first kappa shape index (κ1) is 24.3. The Morgan fingerprint density at radius 3 is 2.51 bits per heavy atom. The molecular formula is C24H27N5O5S. The number of nitrogens with one attached hydrogen (secondary N) is 1. The molecule has 35 heavy (non-hydrogen) atoms. The lowest BCUT2D eigenvalue weighted by Crippen LogP contribution is -2.47. The lowest BCUT2D eigenvalue weighted by Gasteiger charge is -2.34. The van der Waals surface area contributed by atoms with Gasteiger partial charge in [0.05, 0.1) is 19.1 Å². The summed E-state index contributed by atoms with van der Waals surface area (Å²) in [6, 6.07) is 9.42. The number of furan rings is 1. The van der Waals surface area contributed by atoms with Gasteiger partial charge in [-0.15, -0.1) is 0 Å².